The van der Waals surface area contributed by atoms with E-state index in [1.807, 2.05) is 33.8 Å². The Morgan fingerprint density at radius 3 is 2.52 bits per heavy atom. The van der Waals surface area contributed by atoms with Gasteiger partial charge in [0.2, 0.25) is 17.7 Å². The average Bonchev–Trinajstić information content (AvgIpc) is 3.43. The van der Waals surface area contributed by atoms with Gasteiger partial charge in [0.1, 0.15) is 17.4 Å². The monoisotopic (exact) mass is 569 g/mol. The Hall–Kier alpha value is -3.14. The van der Waals surface area contributed by atoms with Crippen LogP contribution in [0.3, 0.4) is 0 Å². The van der Waals surface area contributed by atoms with E-state index in [9.17, 15) is 19.5 Å². The van der Waals surface area contributed by atoms with Crippen molar-refractivity contribution in [1.82, 2.24) is 4.90 Å². The standard InChI is InChI=1S/C30H36ClN3O6/c1-6-39-20-12-10-19(11-13-20)32-26(36)22-23-28(38)34(18(4)15-35)25(30(23)14-17(3)29(22,5)40-30)27(37)33-24-16(2)8-7-9-21(24)31/h7-13,17-18,22-23,25,35H,6,14-15H2,1-5H3,(H,32,36)(H,33,37)/t17?,18-,22-,23+,25?,29+,30?/m1/s1. The van der Waals surface area contributed by atoms with Crippen molar-refractivity contribution in [2.45, 2.75) is 64.3 Å². The molecule has 9 nitrogen and oxygen atoms in total. The SMILES string of the molecule is CCOc1ccc(NC(=O)[C@H]2[C@H]3C(=O)N([C@H](C)CO)C(C(=O)Nc4c(C)cccc4Cl)C34CC(C)[C@]2(C)O4)cc1. The quantitative estimate of drug-likeness (QED) is 0.442. The summed E-state index contributed by atoms with van der Waals surface area (Å²) in [6.45, 7) is 9.43. The fraction of sp³-hybridized carbons (Fsp3) is 0.500. The number of rotatable bonds is 8. The molecule has 10 heteroatoms. The van der Waals surface area contributed by atoms with Gasteiger partial charge in [0.25, 0.3) is 0 Å². The molecule has 214 valence electrons. The Labute approximate surface area is 239 Å². The van der Waals surface area contributed by atoms with Crippen LogP contribution < -0.4 is 15.4 Å². The molecule has 3 N–H and O–H groups in total. The maximum Gasteiger partial charge on any atom is 0.250 e. The Kier molecular flexibility index (Phi) is 7.35. The molecule has 40 heavy (non-hydrogen) atoms. The topological polar surface area (TPSA) is 117 Å². The highest BCUT2D eigenvalue weighted by molar-refractivity contribution is 6.34. The summed E-state index contributed by atoms with van der Waals surface area (Å²) in [7, 11) is 0. The molecule has 0 saturated carbocycles. The van der Waals surface area contributed by atoms with Gasteiger partial charge in [0.05, 0.1) is 47.4 Å². The van der Waals surface area contributed by atoms with E-state index < -0.39 is 41.0 Å². The van der Waals surface area contributed by atoms with Crippen molar-refractivity contribution >= 4 is 40.7 Å². The second-order valence-electron chi connectivity index (χ2n) is 11.3. The van der Waals surface area contributed by atoms with E-state index in [1.54, 1.807) is 43.3 Å². The molecule has 2 bridgehead atoms. The van der Waals surface area contributed by atoms with Crippen LogP contribution in [0.2, 0.25) is 5.02 Å². The number of ether oxygens (including phenoxy) is 2. The van der Waals surface area contributed by atoms with Crippen LogP contribution in [0.15, 0.2) is 42.5 Å². The molecular formula is C30H36ClN3O6. The van der Waals surface area contributed by atoms with Gasteiger partial charge in [-0.15, -0.1) is 0 Å². The molecular weight excluding hydrogens is 534 g/mol. The summed E-state index contributed by atoms with van der Waals surface area (Å²) in [5, 5.41) is 16.3. The van der Waals surface area contributed by atoms with E-state index in [0.717, 1.165) is 5.56 Å². The number of amides is 3. The minimum absolute atomic E-state index is 0.116. The van der Waals surface area contributed by atoms with Crippen molar-refractivity contribution in [1.29, 1.82) is 0 Å². The highest BCUT2D eigenvalue weighted by Gasteiger charge is 2.80. The van der Waals surface area contributed by atoms with Gasteiger partial charge in [-0.05, 0) is 75.9 Å². The van der Waals surface area contributed by atoms with Gasteiger partial charge in [-0.25, -0.2) is 0 Å². The van der Waals surface area contributed by atoms with Crippen LogP contribution in [0.5, 0.6) is 5.75 Å². The molecule has 1 spiro atoms. The molecule has 0 aliphatic carbocycles. The number of hydrogen-bond donors (Lipinski definition) is 3. The number of carbonyl (C=O) groups is 3. The lowest BCUT2D eigenvalue weighted by molar-refractivity contribution is -0.147. The van der Waals surface area contributed by atoms with Crippen LogP contribution in [0.4, 0.5) is 11.4 Å². The lowest BCUT2D eigenvalue weighted by Crippen LogP contribution is -2.56. The largest absolute Gasteiger partial charge is 0.494 e. The Bertz CT molecular complexity index is 1310. The highest BCUT2D eigenvalue weighted by atomic mass is 35.5. The lowest BCUT2D eigenvalue weighted by Gasteiger charge is -2.36. The van der Waals surface area contributed by atoms with Crippen LogP contribution in [-0.2, 0) is 19.1 Å². The molecule has 3 aliphatic heterocycles. The predicted molar refractivity (Wildman–Crippen MR) is 151 cm³/mol. The first-order valence-corrected chi connectivity index (χ1v) is 14.1. The molecule has 3 amide bonds. The second-order valence-corrected chi connectivity index (χ2v) is 11.8. The molecule has 2 aromatic carbocycles. The van der Waals surface area contributed by atoms with Crippen LogP contribution in [0.1, 0.15) is 39.7 Å². The number of fused-ring (bicyclic) bond motifs is 1. The number of halogens is 1. The second kappa shape index (κ2) is 10.4. The number of aryl methyl sites for hydroxylation is 1. The Morgan fingerprint density at radius 2 is 1.90 bits per heavy atom. The summed E-state index contributed by atoms with van der Waals surface area (Å²) < 4.78 is 12.2. The molecule has 0 radical (unpaired) electrons. The van der Waals surface area contributed by atoms with Crippen molar-refractivity contribution in [3.05, 3.63) is 53.1 Å². The number of hydrogen-bond acceptors (Lipinski definition) is 6. The molecule has 3 saturated heterocycles. The van der Waals surface area contributed by atoms with Crippen molar-refractivity contribution in [2.24, 2.45) is 17.8 Å². The summed E-state index contributed by atoms with van der Waals surface area (Å²) in [4.78, 5) is 43.5. The maximum atomic E-state index is 14.1. The molecule has 2 aromatic rings. The zero-order valence-corrected chi connectivity index (χ0v) is 24.1. The van der Waals surface area contributed by atoms with E-state index in [4.69, 9.17) is 21.1 Å². The summed E-state index contributed by atoms with van der Waals surface area (Å²) in [5.41, 5.74) is -0.422. The Morgan fingerprint density at radius 1 is 1.20 bits per heavy atom. The summed E-state index contributed by atoms with van der Waals surface area (Å²) in [6.07, 6.45) is 0.418. The maximum absolute atomic E-state index is 14.1. The molecule has 0 aromatic heterocycles. The van der Waals surface area contributed by atoms with Crippen molar-refractivity contribution in [3.8, 4) is 5.75 Å². The van der Waals surface area contributed by atoms with Crippen molar-refractivity contribution in [3.63, 3.8) is 0 Å². The fourth-order valence-electron chi connectivity index (χ4n) is 6.94. The molecule has 5 rings (SSSR count). The molecule has 3 fully saturated rings. The van der Waals surface area contributed by atoms with E-state index in [0.29, 0.717) is 35.2 Å². The minimum atomic E-state index is -1.24. The first-order chi connectivity index (χ1) is 19.0. The first kappa shape index (κ1) is 28.4. The number of aliphatic hydroxyl groups is 1. The van der Waals surface area contributed by atoms with Gasteiger partial charge in [0, 0.05) is 5.69 Å². The van der Waals surface area contributed by atoms with Gasteiger partial charge < -0.3 is 30.1 Å². The third-order valence-corrected chi connectivity index (χ3v) is 9.24. The predicted octanol–water partition coefficient (Wildman–Crippen LogP) is 4.02. The zero-order chi connectivity index (χ0) is 29.0. The third kappa shape index (κ3) is 4.26. The van der Waals surface area contributed by atoms with E-state index in [2.05, 4.69) is 10.6 Å². The number of likely N-dealkylation sites (tertiary alicyclic amines) is 1. The van der Waals surface area contributed by atoms with Gasteiger partial charge in [-0.3, -0.25) is 14.4 Å². The van der Waals surface area contributed by atoms with Gasteiger partial charge in [0.15, 0.2) is 0 Å². The van der Waals surface area contributed by atoms with Gasteiger partial charge in [-0.2, -0.15) is 0 Å². The number of nitrogens with zero attached hydrogens (tertiary/aromatic N) is 1. The number of carbonyl (C=O) groups excluding carboxylic acids is 3. The molecule has 3 unspecified atom stereocenters. The number of benzene rings is 2. The zero-order valence-electron chi connectivity index (χ0n) is 23.4. The van der Waals surface area contributed by atoms with Crippen molar-refractivity contribution in [2.75, 3.05) is 23.8 Å². The normalized spacial score (nSPS) is 31.2. The molecule has 3 aliphatic rings. The minimum Gasteiger partial charge on any atom is -0.494 e. The highest BCUT2D eigenvalue weighted by Crippen LogP contribution is 2.65. The number of para-hydroxylation sites is 1. The lowest BCUT2D eigenvalue weighted by atomic mass is 9.62. The fourth-order valence-corrected chi connectivity index (χ4v) is 7.21. The van der Waals surface area contributed by atoms with Crippen LogP contribution >= 0.6 is 11.6 Å². The Balaban J connectivity index is 1.52. The number of anilines is 2. The summed E-state index contributed by atoms with van der Waals surface area (Å²) in [5.74, 6) is -2.36. The van der Waals surface area contributed by atoms with E-state index in [1.165, 1.54) is 4.90 Å². The van der Waals surface area contributed by atoms with Crippen LogP contribution in [0, 0.1) is 24.7 Å². The van der Waals surface area contributed by atoms with Crippen LogP contribution in [0.25, 0.3) is 0 Å². The van der Waals surface area contributed by atoms with E-state index in [-0.39, 0.29) is 24.3 Å². The van der Waals surface area contributed by atoms with Crippen molar-refractivity contribution < 1.29 is 29.0 Å². The molecule has 7 atom stereocenters. The van der Waals surface area contributed by atoms with Gasteiger partial charge in [-0.1, -0.05) is 30.7 Å². The number of nitrogens with one attached hydrogen (secondary N) is 2. The third-order valence-electron chi connectivity index (χ3n) is 8.93. The first-order valence-electron chi connectivity index (χ1n) is 13.7. The van der Waals surface area contributed by atoms with Gasteiger partial charge >= 0.3 is 0 Å². The van der Waals surface area contributed by atoms with E-state index >= 15 is 0 Å². The smallest absolute Gasteiger partial charge is 0.250 e. The summed E-state index contributed by atoms with van der Waals surface area (Å²) in [6, 6.07) is 10.6. The average molecular weight is 570 g/mol. The van der Waals surface area contributed by atoms with Crippen LogP contribution in [-0.4, -0.2) is 64.2 Å². The number of aliphatic hydroxyl groups excluding tert-OH is 1. The molecule has 3 heterocycles. The summed E-state index contributed by atoms with van der Waals surface area (Å²) >= 11 is 6.41.